The summed E-state index contributed by atoms with van der Waals surface area (Å²) in [5, 5.41) is 3.59. The second-order valence-corrected chi connectivity index (χ2v) is 6.09. The molecule has 2 fully saturated rings. The van der Waals surface area contributed by atoms with Crippen LogP contribution in [0.4, 0.5) is 0 Å². The van der Waals surface area contributed by atoms with Crippen molar-refractivity contribution in [2.45, 2.75) is 58.2 Å². The van der Waals surface area contributed by atoms with E-state index < -0.39 is 0 Å². The van der Waals surface area contributed by atoms with Crippen molar-refractivity contribution < 1.29 is 0 Å². The van der Waals surface area contributed by atoms with Crippen LogP contribution < -0.4 is 5.32 Å². The predicted molar refractivity (Wildman–Crippen MR) is 73.4 cm³/mol. The van der Waals surface area contributed by atoms with Crippen LogP contribution in [0, 0.1) is 0 Å². The second kappa shape index (κ2) is 6.17. The summed E-state index contributed by atoms with van der Waals surface area (Å²) >= 11 is 0. The molecule has 0 aromatic rings. The van der Waals surface area contributed by atoms with E-state index in [0.717, 1.165) is 6.04 Å². The summed E-state index contributed by atoms with van der Waals surface area (Å²) in [6, 6.07) is 2.17. The third-order valence-electron chi connectivity index (χ3n) is 4.30. The van der Waals surface area contributed by atoms with Gasteiger partial charge in [0.1, 0.15) is 0 Å². The molecule has 0 spiro atoms. The molecule has 2 heterocycles. The smallest absolute Gasteiger partial charge is 0.0224 e. The van der Waals surface area contributed by atoms with Gasteiger partial charge in [-0.15, -0.1) is 0 Å². The van der Waals surface area contributed by atoms with Crippen molar-refractivity contribution in [2.24, 2.45) is 0 Å². The van der Waals surface area contributed by atoms with Crippen LogP contribution in [-0.2, 0) is 0 Å². The molecule has 2 unspecified atom stereocenters. The van der Waals surface area contributed by atoms with Crippen LogP contribution in [0.15, 0.2) is 0 Å². The normalized spacial score (nSPS) is 33.9. The SMILES string of the molecule is CC1CN(C2CCCN(C(C)C)C2)CCCN1. The Kier molecular flexibility index (Phi) is 4.83. The van der Waals surface area contributed by atoms with E-state index in [1.807, 2.05) is 0 Å². The van der Waals surface area contributed by atoms with Crippen LogP contribution in [0.25, 0.3) is 0 Å². The minimum absolute atomic E-state index is 0.659. The monoisotopic (exact) mass is 239 g/mol. The molecule has 2 aliphatic rings. The topological polar surface area (TPSA) is 18.5 Å². The minimum atomic E-state index is 0.659. The average Bonchev–Trinajstić information content (AvgIpc) is 2.54. The summed E-state index contributed by atoms with van der Waals surface area (Å²) in [6.45, 7) is 13.3. The standard InChI is InChI=1S/C14H29N3/c1-12(2)16-8-4-6-14(11-16)17-9-5-7-15-13(3)10-17/h12-15H,4-11H2,1-3H3. The quantitative estimate of drug-likeness (QED) is 0.788. The lowest BCUT2D eigenvalue weighted by molar-refractivity contribution is 0.0795. The number of piperidine rings is 1. The fourth-order valence-electron chi connectivity index (χ4n) is 3.22. The van der Waals surface area contributed by atoms with Crippen LogP contribution in [0.5, 0.6) is 0 Å². The molecule has 0 saturated carbocycles. The summed E-state index contributed by atoms with van der Waals surface area (Å²) in [7, 11) is 0. The molecule has 0 aromatic heterocycles. The highest BCUT2D eigenvalue weighted by Crippen LogP contribution is 2.19. The van der Waals surface area contributed by atoms with Crippen LogP contribution in [0.1, 0.15) is 40.0 Å². The van der Waals surface area contributed by atoms with Gasteiger partial charge in [0.25, 0.3) is 0 Å². The van der Waals surface area contributed by atoms with Crippen molar-refractivity contribution in [3.05, 3.63) is 0 Å². The van der Waals surface area contributed by atoms with Crippen molar-refractivity contribution in [1.82, 2.24) is 15.1 Å². The van der Waals surface area contributed by atoms with Crippen LogP contribution in [0.2, 0.25) is 0 Å². The van der Waals surface area contributed by atoms with Gasteiger partial charge in [0.2, 0.25) is 0 Å². The lowest BCUT2D eigenvalue weighted by Crippen LogP contribution is -2.51. The molecule has 17 heavy (non-hydrogen) atoms. The summed E-state index contributed by atoms with van der Waals surface area (Å²) in [4.78, 5) is 5.39. The molecule has 2 saturated heterocycles. The Morgan fingerprint density at radius 1 is 1.12 bits per heavy atom. The summed E-state index contributed by atoms with van der Waals surface area (Å²) in [6.07, 6.45) is 4.08. The van der Waals surface area contributed by atoms with Gasteiger partial charge >= 0.3 is 0 Å². The summed E-state index contributed by atoms with van der Waals surface area (Å²) < 4.78 is 0. The Morgan fingerprint density at radius 3 is 2.71 bits per heavy atom. The van der Waals surface area contributed by atoms with Gasteiger partial charge in [-0.2, -0.15) is 0 Å². The molecular formula is C14H29N3. The second-order valence-electron chi connectivity index (χ2n) is 6.09. The Morgan fingerprint density at radius 2 is 1.94 bits per heavy atom. The highest BCUT2D eigenvalue weighted by Gasteiger charge is 2.27. The fraction of sp³-hybridized carbons (Fsp3) is 1.00. The Bertz CT molecular complexity index is 230. The fourth-order valence-corrected chi connectivity index (χ4v) is 3.22. The van der Waals surface area contributed by atoms with Gasteiger partial charge in [0.05, 0.1) is 0 Å². The Labute approximate surface area is 107 Å². The molecule has 100 valence electrons. The third-order valence-corrected chi connectivity index (χ3v) is 4.30. The van der Waals surface area contributed by atoms with E-state index in [-0.39, 0.29) is 0 Å². The van der Waals surface area contributed by atoms with E-state index in [0.29, 0.717) is 12.1 Å². The van der Waals surface area contributed by atoms with E-state index in [1.165, 1.54) is 52.0 Å². The highest BCUT2D eigenvalue weighted by atomic mass is 15.3. The van der Waals surface area contributed by atoms with Crippen molar-refractivity contribution in [1.29, 1.82) is 0 Å². The molecule has 0 bridgehead atoms. The Hall–Kier alpha value is -0.120. The maximum atomic E-state index is 3.59. The summed E-state index contributed by atoms with van der Waals surface area (Å²) in [5.74, 6) is 0. The van der Waals surface area contributed by atoms with Crippen molar-refractivity contribution in [3.8, 4) is 0 Å². The molecule has 2 atom stereocenters. The van der Waals surface area contributed by atoms with Crippen molar-refractivity contribution in [2.75, 3.05) is 32.7 Å². The molecule has 0 aromatic carbocycles. The highest BCUT2D eigenvalue weighted by molar-refractivity contribution is 4.85. The molecule has 0 amide bonds. The van der Waals surface area contributed by atoms with E-state index in [9.17, 15) is 0 Å². The van der Waals surface area contributed by atoms with Crippen LogP contribution >= 0.6 is 0 Å². The molecule has 3 heteroatoms. The van der Waals surface area contributed by atoms with E-state index in [1.54, 1.807) is 0 Å². The van der Waals surface area contributed by atoms with Gasteiger partial charge in [0.15, 0.2) is 0 Å². The first-order valence-electron chi connectivity index (χ1n) is 7.38. The third kappa shape index (κ3) is 3.67. The minimum Gasteiger partial charge on any atom is -0.313 e. The van der Waals surface area contributed by atoms with Gasteiger partial charge in [-0.05, 0) is 59.7 Å². The average molecular weight is 239 g/mol. The van der Waals surface area contributed by atoms with Crippen LogP contribution in [-0.4, -0.2) is 60.6 Å². The molecule has 2 aliphatic heterocycles. The number of hydrogen-bond donors (Lipinski definition) is 1. The van der Waals surface area contributed by atoms with Crippen molar-refractivity contribution >= 4 is 0 Å². The number of hydrogen-bond acceptors (Lipinski definition) is 3. The largest absolute Gasteiger partial charge is 0.313 e. The van der Waals surface area contributed by atoms with Gasteiger partial charge in [-0.25, -0.2) is 0 Å². The zero-order valence-electron chi connectivity index (χ0n) is 11.8. The lowest BCUT2D eigenvalue weighted by atomic mass is 10.0. The molecular weight excluding hydrogens is 210 g/mol. The first kappa shape index (κ1) is 13.3. The van der Waals surface area contributed by atoms with Gasteiger partial charge in [-0.1, -0.05) is 0 Å². The number of nitrogens with zero attached hydrogens (tertiary/aromatic N) is 2. The van der Waals surface area contributed by atoms with E-state index >= 15 is 0 Å². The zero-order valence-corrected chi connectivity index (χ0v) is 11.8. The molecule has 2 rings (SSSR count). The van der Waals surface area contributed by atoms with E-state index in [2.05, 4.69) is 35.9 Å². The predicted octanol–water partition coefficient (Wildman–Crippen LogP) is 1.54. The summed E-state index contributed by atoms with van der Waals surface area (Å²) in [5.41, 5.74) is 0. The maximum absolute atomic E-state index is 3.59. The number of rotatable bonds is 2. The zero-order chi connectivity index (χ0) is 12.3. The first-order chi connectivity index (χ1) is 8.16. The van der Waals surface area contributed by atoms with Gasteiger partial charge in [-0.3, -0.25) is 9.80 Å². The molecule has 0 aliphatic carbocycles. The van der Waals surface area contributed by atoms with Gasteiger partial charge in [0, 0.05) is 31.2 Å². The molecule has 1 N–H and O–H groups in total. The first-order valence-corrected chi connectivity index (χ1v) is 7.38. The Balaban J connectivity index is 1.91. The van der Waals surface area contributed by atoms with E-state index in [4.69, 9.17) is 0 Å². The van der Waals surface area contributed by atoms with Gasteiger partial charge < -0.3 is 5.32 Å². The molecule has 3 nitrogen and oxygen atoms in total. The van der Waals surface area contributed by atoms with Crippen LogP contribution in [0.3, 0.4) is 0 Å². The maximum Gasteiger partial charge on any atom is 0.0224 e. The number of nitrogens with one attached hydrogen (secondary N) is 1. The van der Waals surface area contributed by atoms with Crippen molar-refractivity contribution in [3.63, 3.8) is 0 Å². The number of likely N-dealkylation sites (tertiary alicyclic amines) is 1. The molecule has 0 radical (unpaired) electrons. The lowest BCUT2D eigenvalue weighted by Gasteiger charge is -2.41.